The van der Waals surface area contributed by atoms with Gasteiger partial charge in [-0.1, -0.05) is 91.0 Å². The first-order valence-corrected chi connectivity index (χ1v) is 14.7. The van der Waals surface area contributed by atoms with E-state index in [1.165, 1.54) is 71.6 Å². The lowest BCUT2D eigenvalue weighted by molar-refractivity contribution is 0.423. The third-order valence-electron chi connectivity index (χ3n) is 8.56. The van der Waals surface area contributed by atoms with Crippen LogP contribution in [0.5, 0.6) is 0 Å². The molecule has 2 heterocycles. The predicted octanol–water partition coefficient (Wildman–Crippen LogP) is 11.0. The molecule has 0 aliphatic heterocycles. The zero-order valence-corrected chi connectivity index (χ0v) is 24.2. The van der Waals surface area contributed by atoms with E-state index in [9.17, 15) is 0 Å². The topological polar surface area (TPSA) is 9.86 Å². The van der Waals surface area contributed by atoms with Gasteiger partial charge in [-0.25, -0.2) is 0 Å². The highest BCUT2D eigenvalue weighted by molar-refractivity contribution is 6.12. The van der Waals surface area contributed by atoms with Gasteiger partial charge in [0.25, 0.3) is 0 Å². The fourth-order valence-electron chi connectivity index (χ4n) is 6.76. The Bertz CT molecular complexity index is 2270. The van der Waals surface area contributed by atoms with Gasteiger partial charge in [-0.15, -0.1) is 0 Å². The summed E-state index contributed by atoms with van der Waals surface area (Å²) >= 11 is 0. The van der Waals surface area contributed by atoms with Crippen LogP contribution in [0.25, 0.3) is 71.6 Å². The van der Waals surface area contributed by atoms with E-state index >= 15 is 0 Å². The molecule has 0 amide bonds. The van der Waals surface area contributed by atoms with E-state index in [4.69, 9.17) is 0 Å². The summed E-state index contributed by atoms with van der Waals surface area (Å²) in [5.74, 6) is 0. The summed E-state index contributed by atoms with van der Waals surface area (Å²) in [6, 6.07) is 51.0. The van der Waals surface area contributed by atoms with E-state index in [1.807, 2.05) is 0 Å². The predicted molar refractivity (Wildman–Crippen MR) is 180 cm³/mol. The third kappa shape index (κ3) is 3.79. The Hall–Kier alpha value is -5.08. The summed E-state index contributed by atoms with van der Waals surface area (Å²) in [6.07, 6.45) is 0. The van der Waals surface area contributed by atoms with Crippen LogP contribution in [0.1, 0.15) is 20.8 Å². The van der Waals surface area contributed by atoms with Crippen LogP contribution in [0.3, 0.4) is 0 Å². The van der Waals surface area contributed by atoms with Crippen LogP contribution in [0.15, 0.2) is 140 Å². The van der Waals surface area contributed by atoms with Crippen molar-refractivity contribution in [3.05, 3.63) is 140 Å². The second-order valence-electron chi connectivity index (χ2n) is 12.3. The molecule has 8 aromatic rings. The Labute approximate surface area is 246 Å². The van der Waals surface area contributed by atoms with Crippen molar-refractivity contribution in [2.24, 2.45) is 0 Å². The summed E-state index contributed by atoms with van der Waals surface area (Å²) < 4.78 is 4.88. The smallest absolute Gasteiger partial charge is 0.0541 e. The standard InChI is InChI=1S/C40H32N2/c1-40(2,3)42-38-19-10-8-17-33(38)35-26-30(21-23-39(35)42)29-20-22-37-34(25-29)32-16-7-9-18-36(32)41(37)31-15-11-14-28(24-31)27-12-5-4-6-13-27/h4-26H,1-3H3. The lowest BCUT2D eigenvalue weighted by Crippen LogP contribution is -2.21. The van der Waals surface area contributed by atoms with Crippen LogP contribution < -0.4 is 0 Å². The highest BCUT2D eigenvalue weighted by Crippen LogP contribution is 2.39. The van der Waals surface area contributed by atoms with Crippen molar-refractivity contribution < 1.29 is 0 Å². The number of aromatic nitrogens is 2. The molecular weight excluding hydrogens is 508 g/mol. The molecule has 0 saturated heterocycles. The van der Waals surface area contributed by atoms with Crippen LogP contribution in [0, 0.1) is 0 Å². The fourth-order valence-corrected chi connectivity index (χ4v) is 6.76. The van der Waals surface area contributed by atoms with Crippen molar-refractivity contribution in [1.29, 1.82) is 0 Å². The molecule has 0 radical (unpaired) electrons. The minimum absolute atomic E-state index is 0.0125. The molecule has 0 aliphatic rings. The number of nitrogens with zero attached hydrogens (tertiary/aromatic N) is 2. The maximum atomic E-state index is 2.47. The van der Waals surface area contributed by atoms with Gasteiger partial charge < -0.3 is 9.13 Å². The molecule has 0 unspecified atom stereocenters. The highest BCUT2D eigenvalue weighted by Gasteiger charge is 2.21. The van der Waals surface area contributed by atoms with E-state index in [-0.39, 0.29) is 5.54 Å². The molecule has 0 aliphatic carbocycles. The monoisotopic (exact) mass is 540 g/mol. The van der Waals surface area contributed by atoms with Gasteiger partial charge in [-0.05, 0) is 91.6 Å². The minimum atomic E-state index is -0.0125. The molecule has 6 aromatic carbocycles. The molecule has 0 fully saturated rings. The van der Waals surface area contributed by atoms with Gasteiger partial charge in [-0.2, -0.15) is 0 Å². The van der Waals surface area contributed by atoms with Crippen molar-refractivity contribution >= 4 is 43.6 Å². The summed E-state index contributed by atoms with van der Waals surface area (Å²) in [6.45, 7) is 6.85. The average Bonchev–Trinajstić information content (AvgIpc) is 3.54. The summed E-state index contributed by atoms with van der Waals surface area (Å²) in [4.78, 5) is 0. The Morgan fingerprint density at radius 1 is 0.381 bits per heavy atom. The van der Waals surface area contributed by atoms with Gasteiger partial charge in [0.05, 0.1) is 11.0 Å². The second-order valence-corrected chi connectivity index (χ2v) is 12.3. The third-order valence-corrected chi connectivity index (χ3v) is 8.56. The van der Waals surface area contributed by atoms with Crippen molar-refractivity contribution in [2.75, 3.05) is 0 Å². The Balaban J connectivity index is 1.32. The lowest BCUT2D eigenvalue weighted by Gasteiger charge is -2.24. The molecule has 8 rings (SSSR count). The van der Waals surface area contributed by atoms with Crippen LogP contribution >= 0.6 is 0 Å². The number of rotatable bonds is 3. The molecule has 0 N–H and O–H groups in total. The molecule has 2 heteroatoms. The number of para-hydroxylation sites is 2. The van der Waals surface area contributed by atoms with Gasteiger partial charge >= 0.3 is 0 Å². The molecule has 0 spiro atoms. The van der Waals surface area contributed by atoms with Gasteiger partial charge in [0.2, 0.25) is 0 Å². The number of benzene rings is 6. The molecule has 2 nitrogen and oxygen atoms in total. The van der Waals surface area contributed by atoms with Crippen LogP contribution in [0.2, 0.25) is 0 Å². The van der Waals surface area contributed by atoms with E-state index in [0.29, 0.717) is 0 Å². The SMILES string of the molecule is CC(C)(C)n1c2ccccc2c2cc(-c3ccc4c(c3)c3ccccc3n4-c3cccc(-c4ccccc4)c3)ccc21. The first kappa shape index (κ1) is 24.7. The highest BCUT2D eigenvalue weighted by atomic mass is 15.0. The fraction of sp³-hybridized carbons (Fsp3) is 0.100. The first-order valence-electron chi connectivity index (χ1n) is 14.7. The zero-order chi connectivity index (χ0) is 28.4. The van der Waals surface area contributed by atoms with Gasteiger partial charge in [-0.3, -0.25) is 0 Å². The Morgan fingerprint density at radius 3 is 1.60 bits per heavy atom. The van der Waals surface area contributed by atoms with E-state index in [1.54, 1.807) is 0 Å². The summed E-state index contributed by atoms with van der Waals surface area (Å²) in [5.41, 5.74) is 11.1. The molecule has 0 bridgehead atoms. The Morgan fingerprint density at radius 2 is 0.881 bits per heavy atom. The van der Waals surface area contributed by atoms with Gasteiger partial charge in [0.1, 0.15) is 0 Å². The van der Waals surface area contributed by atoms with Crippen molar-refractivity contribution in [2.45, 2.75) is 26.3 Å². The molecule has 0 atom stereocenters. The maximum Gasteiger partial charge on any atom is 0.0541 e. The molecular formula is C40H32N2. The molecule has 2 aromatic heterocycles. The second kappa shape index (κ2) is 9.22. The largest absolute Gasteiger partial charge is 0.335 e. The molecule has 0 saturated carbocycles. The van der Waals surface area contributed by atoms with Crippen molar-refractivity contribution in [3.63, 3.8) is 0 Å². The average molecular weight is 541 g/mol. The van der Waals surface area contributed by atoms with Crippen LogP contribution in [0.4, 0.5) is 0 Å². The Kier molecular flexibility index (Phi) is 5.42. The summed E-state index contributed by atoms with van der Waals surface area (Å²) in [5, 5.41) is 5.15. The normalized spacial score (nSPS) is 12.2. The first-order chi connectivity index (χ1) is 20.5. The van der Waals surface area contributed by atoms with Crippen molar-refractivity contribution in [3.8, 4) is 27.9 Å². The number of hydrogen-bond donors (Lipinski definition) is 0. The number of hydrogen-bond acceptors (Lipinski definition) is 0. The minimum Gasteiger partial charge on any atom is -0.335 e. The quantitative estimate of drug-likeness (QED) is 0.211. The van der Waals surface area contributed by atoms with E-state index in [0.717, 1.165) is 0 Å². The number of fused-ring (bicyclic) bond motifs is 6. The maximum absolute atomic E-state index is 2.47. The molecule has 42 heavy (non-hydrogen) atoms. The van der Waals surface area contributed by atoms with Crippen LogP contribution in [-0.2, 0) is 5.54 Å². The van der Waals surface area contributed by atoms with E-state index < -0.39 is 0 Å². The van der Waals surface area contributed by atoms with Crippen LogP contribution in [-0.4, -0.2) is 9.13 Å². The summed E-state index contributed by atoms with van der Waals surface area (Å²) in [7, 11) is 0. The lowest BCUT2D eigenvalue weighted by atomic mass is 10.0. The van der Waals surface area contributed by atoms with Gasteiger partial charge in [0.15, 0.2) is 0 Å². The molecule has 202 valence electrons. The van der Waals surface area contributed by atoms with Crippen molar-refractivity contribution in [1.82, 2.24) is 9.13 Å². The van der Waals surface area contributed by atoms with Gasteiger partial charge in [0, 0.05) is 43.8 Å². The van der Waals surface area contributed by atoms with E-state index in [2.05, 4.69) is 169 Å². The zero-order valence-electron chi connectivity index (χ0n) is 24.2.